The van der Waals surface area contributed by atoms with Crippen molar-refractivity contribution in [2.75, 3.05) is 10.8 Å². The number of hydrogen-bond donors (Lipinski definition) is 1. The zero-order valence-electron chi connectivity index (χ0n) is 21.3. The van der Waals surface area contributed by atoms with Crippen LogP contribution in [0, 0.1) is 11.2 Å². The maximum atomic E-state index is 14.0. The fourth-order valence-corrected chi connectivity index (χ4v) is 5.98. The van der Waals surface area contributed by atoms with E-state index in [9.17, 15) is 49.1 Å². The summed E-state index contributed by atoms with van der Waals surface area (Å²) in [5, 5.41) is 9.54. The van der Waals surface area contributed by atoms with Crippen LogP contribution < -0.4 is 9.04 Å². The Kier molecular flexibility index (Phi) is 7.52. The number of carbonyl (C=O) groups is 1. The van der Waals surface area contributed by atoms with E-state index in [4.69, 9.17) is 4.74 Å². The van der Waals surface area contributed by atoms with E-state index in [0.29, 0.717) is 34.6 Å². The first kappa shape index (κ1) is 30.2. The average molecular weight is 606 g/mol. The van der Waals surface area contributed by atoms with E-state index in [2.05, 4.69) is 0 Å². The summed E-state index contributed by atoms with van der Waals surface area (Å²) in [6.45, 7) is 2.16. The highest BCUT2D eigenvalue weighted by Gasteiger charge is 2.41. The molecule has 0 amide bonds. The van der Waals surface area contributed by atoms with Gasteiger partial charge in [0.1, 0.15) is 17.7 Å². The van der Waals surface area contributed by atoms with Gasteiger partial charge < -0.3 is 9.84 Å². The van der Waals surface area contributed by atoms with Crippen LogP contribution in [0.1, 0.15) is 31.4 Å². The summed E-state index contributed by atoms with van der Waals surface area (Å²) in [5.41, 5.74) is -5.03. The van der Waals surface area contributed by atoms with Gasteiger partial charge in [0.15, 0.2) is 0 Å². The first-order valence-corrected chi connectivity index (χ1v) is 13.4. The lowest BCUT2D eigenvalue weighted by molar-refractivity contribution is -0.148. The number of ether oxygens (including phenoxy) is 1. The molecule has 41 heavy (non-hydrogen) atoms. The molecule has 1 aliphatic heterocycles. The van der Waals surface area contributed by atoms with Gasteiger partial charge in [-0.25, -0.2) is 12.8 Å². The van der Waals surface area contributed by atoms with Gasteiger partial charge in [0.2, 0.25) is 0 Å². The fraction of sp³-hybridized carbons (Fsp3) is 0.296. The van der Waals surface area contributed by atoms with E-state index >= 15 is 0 Å². The van der Waals surface area contributed by atoms with E-state index in [1.807, 2.05) is 0 Å². The highest BCUT2D eigenvalue weighted by atomic mass is 32.2. The first-order chi connectivity index (χ1) is 18.8. The molecule has 220 valence electrons. The lowest BCUT2D eigenvalue weighted by Gasteiger charge is -2.38. The zero-order valence-corrected chi connectivity index (χ0v) is 22.2. The fourth-order valence-electron chi connectivity index (χ4n) is 4.43. The third-order valence-corrected chi connectivity index (χ3v) is 8.33. The molecule has 4 rings (SSSR count). The van der Waals surface area contributed by atoms with Crippen molar-refractivity contribution in [3.8, 4) is 16.9 Å². The molecule has 0 unspecified atom stereocenters. The number of fused-ring (bicyclic) bond motifs is 1. The van der Waals surface area contributed by atoms with Crippen LogP contribution in [0.4, 0.5) is 36.4 Å². The summed E-state index contributed by atoms with van der Waals surface area (Å²) in [6, 6.07) is 7.96. The molecule has 1 heterocycles. The molecular weight excluding hydrogens is 583 g/mol. The number of carboxylic acids is 1. The smallest absolute Gasteiger partial charge is 0.417 e. The third kappa shape index (κ3) is 6.11. The van der Waals surface area contributed by atoms with Crippen LogP contribution >= 0.6 is 0 Å². The molecule has 0 aromatic heterocycles. The number of rotatable bonds is 6. The molecule has 0 spiro atoms. The molecule has 1 atom stereocenters. The topological polar surface area (TPSA) is 83.9 Å². The number of sulfonamides is 1. The molecule has 1 aliphatic rings. The van der Waals surface area contributed by atoms with Gasteiger partial charge in [-0.2, -0.15) is 26.3 Å². The average Bonchev–Trinajstić information content (AvgIpc) is 2.86. The number of benzene rings is 3. The summed E-state index contributed by atoms with van der Waals surface area (Å²) < 4.78 is 129. The van der Waals surface area contributed by atoms with Crippen LogP contribution in [-0.4, -0.2) is 32.1 Å². The predicted molar refractivity (Wildman–Crippen MR) is 133 cm³/mol. The highest BCUT2D eigenvalue weighted by molar-refractivity contribution is 7.92. The Morgan fingerprint density at radius 1 is 0.976 bits per heavy atom. The van der Waals surface area contributed by atoms with E-state index in [1.54, 1.807) is 0 Å². The lowest BCUT2D eigenvalue weighted by Crippen LogP contribution is -2.46. The molecule has 0 saturated heterocycles. The monoisotopic (exact) mass is 605 g/mol. The number of hydrogen-bond acceptors (Lipinski definition) is 4. The van der Waals surface area contributed by atoms with Gasteiger partial charge in [-0.1, -0.05) is 12.1 Å². The van der Waals surface area contributed by atoms with E-state index in [-0.39, 0.29) is 23.4 Å². The van der Waals surface area contributed by atoms with Crippen LogP contribution in [0.25, 0.3) is 11.1 Å². The predicted octanol–water partition coefficient (Wildman–Crippen LogP) is 6.99. The van der Waals surface area contributed by atoms with Crippen molar-refractivity contribution in [1.29, 1.82) is 0 Å². The van der Waals surface area contributed by atoms with Gasteiger partial charge in [0.05, 0.1) is 33.7 Å². The molecule has 0 aliphatic carbocycles. The molecule has 3 aromatic rings. The summed E-state index contributed by atoms with van der Waals surface area (Å²) in [6.07, 6.45) is -11.1. The minimum Gasteiger partial charge on any atom is -0.486 e. The van der Waals surface area contributed by atoms with Crippen LogP contribution in [-0.2, 0) is 27.2 Å². The second-order valence-corrected chi connectivity index (χ2v) is 11.9. The number of anilines is 1. The van der Waals surface area contributed by atoms with Crippen molar-refractivity contribution in [2.24, 2.45) is 5.41 Å². The molecule has 0 fully saturated rings. The SMILES string of the molecule is CC(C)(C[C@H]1CN(S(=O)(=O)c2cccc(C(F)(F)F)c2)c2cc(-c3cc(F)ccc3C(F)(F)F)ccc2O1)C(=O)O. The van der Waals surface area contributed by atoms with E-state index in [0.717, 1.165) is 30.3 Å². The Labute approximate surface area is 230 Å². The minimum atomic E-state index is -4.90. The Hall–Kier alpha value is -3.81. The van der Waals surface area contributed by atoms with Gasteiger partial charge in [-0.05, 0) is 73.5 Å². The van der Waals surface area contributed by atoms with Crippen molar-refractivity contribution in [1.82, 2.24) is 0 Å². The van der Waals surface area contributed by atoms with Crippen molar-refractivity contribution in [2.45, 2.75) is 43.6 Å². The molecule has 0 radical (unpaired) electrons. The Balaban J connectivity index is 1.90. The molecule has 3 aromatic carbocycles. The maximum Gasteiger partial charge on any atom is 0.417 e. The highest BCUT2D eigenvalue weighted by Crippen LogP contribution is 2.44. The normalized spacial score (nSPS) is 16.2. The van der Waals surface area contributed by atoms with Crippen LogP contribution in [0.15, 0.2) is 65.6 Å². The quantitative estimate of drug-likeness (QED) is 0.307. The first-order valence-electron chi connectivity index (χ1n) is 11.9. The number of carboxylic acid groups (broad SMARTS) is 1. The standard InChI is InChI=1S/C27H22F7NO5S/c1-25(2,24(36)37)13-18-14-35(41(38,39)19-5-3-4-16(11-19)26(29,30)31)22-10-15(6-9-23(22)40-18)20-12-17(28)7-8-21(20)27(32,33)34/h3-12,18H,13-14H2,1-2H3,(H,36,37)/t18-/m0/s1. The number of aliphatic carboxylic acids is 1. The molecule has 6 nitrogen and oxygen atoms in total. The van der Waals surface area contributed by atoms with Gasteiger partial charge in [-0.15, -0.1) is 0 Å². The molecular formula is C27H22F7NO5S. The Morgan fingerprint density at radius 3 is 2.27 bits per heavy atom. The van der Waals surface area contributed by atoms with Crippen molar-refractivity contribution in [3.05, 3.63) is 77.6 Å². The van der Waals surface area contributed by atoms with E-state index < -0.39 is 73.8 Å². The maximum absolute atomic E-state index is 14.0. The Morgan fingerprint density at radius 2 is 1.66 bits per heavy atom. The van der Waals surface area contributed by atoms with Gasteiger partial charge in [-0.3, -0.25) is 9.10 Å². The van der Waals surface area contributed by atoms with Crippen molar-refractivity contribution < 1.29 is 53.8 Å². The van der Waals surface area contributed by atoms with Gasteiger partial charge in [0, 0.05) is 6.42 Å². The molecule has 0 saturated carbocycles. The minimum absolute atomic E-state index is 0.174. The summed E-state index contributed by atoms with van der Waals surface area (Å²) in [7, 11) is -4.80. The number of nitrogens with zero attached hydrogens (tertiary/aromatic N) is 1. The van der Waals surface area contributed by atoms with E-state index in [1.165, 1.54) is 13.8 Å². The molecule has 14 heteroatoms. The summed E-state index contributed by atoms with van der Waals surface area (Å²) in [4.78, 5) is 10.9. The van der Waals surface area contributed by atoms with Gasteiger partial charge >= 0.3 is 18.3 Å². The lowest BCUT2D eigenvalue weighted by atomic mass is 9.86. The second-order valence-electron chi connectivity index (χ2n) is 10.1. The van der Waals surface area contributed by atoms with Crippen molar-refractivity contribution >= 4 is 21.7 Å². The molecule has 0 bridgehead atoms. The van der Waals surface area contributed by atoms with Gasteiger partial charge in [0.25, 0.3) is 10.0 Å². The zero-order chi connectivity index (χ0) is 30.5. The number of alkyl halides is 6. The number of halogens is 7. The second kappa shape index (κ2) is 10.2. The largest absolute Gasteiger partial charge is 0.486 e. The summed E-state index contributed by atoms with van der Waals surface area (Å²) >= 11 is 0. The van der Waals surface area contributed by atoms with Crippen LogP contribution in [0.2, 0.25) is 0 Å². The molecule has 1 N–H and O–H groups in total. The van der Waals surface area contributed by atoms with Crippen LogP contribution in [0.5, 0.6) is 5.75 Å². The van der Waals surface area contributed by atoms with Crippen LogP contribution in [0.3, 0.4) is 0 Å². The Bertz CT molecular complexity index is 1600. The third-order valence-electron chi connectivity index (χ3n) is 6.56. The summed E-state index contributed by atoms with van der Waals surface area (Å²) in [5.74, 6) is -2.39. The van der Waals surface area contributed by atoms with Crippen molar-refractivity contribution in [3.63, 3.8) is 0 Å².